The number of benzene rings is 1. The molecule has 0 unspecified atom stereocenters. The van der Waals surface area contributed by atoms with Gasteiger partial charge in [0.1, 0.15) is 0 Å². The van der Waals surface area contributed by atoms with Crippen LogP contribution in [0.4, 0.5) is 5.69 Å². The number of carbonyl (C=O) groups is 2. The van der Waals surface area contributed by atoms with Gasteiger partial charge in [0.2, 0.25) is 5.91 Å². The molecule has 7 nitrogen and oxygen atoms in total. The maximum atomic E-state index is 12.8. The molecule has 1 saturated carbocycles. The molecule has 0 atom stereocenters. The summed E-state index contributed by atoms with van der Waals surface area (Å²) in [5.41, 5.74) is 3.15. The van der Waals surface area contributed by atoms with E-state index in [1.54, 1.807) is 4.90 Å². The van der Waals surface area contributed by atoms with Crippen molar-refractivity contribution in [1.29, 1.82) is 0 Å². The minimum absolute atomic E-state index is 0.119. The second-order valence-corrected chi connectivity index (χ2v) is 9.27. The Morgan fingerprint density at radius 3 is 2.40 bits per heavy atom. The lowest BCUT2D eigenvalue weighted by Gasteiger charge is -2.43. The van der Waals surface area contributed by atoms with E-state index in [0.29, 0.717) is 13.1 Å². The van der Waals surface area contributed by atoms with Crippen molar-refractivity contribution in [2.24, 2.45) is 0 Å². The minimum atomic E-state index is 0.119. The number of hydrogen-bond donors (Lipinski definition) is 0. The van der Waals surface area contributed by atoms with Crippen LogP contribution in [0.1, 0.15) is 35.2 Å². The van der Waals surface area contributed by atoms with Crippen molar-refractivity contribution in [2.75, 3.05) is 70.9 Å². The summed E-state index contributed by atoms with van der Waals surface area (Å²) in [7, 11) is 1.85. The van der Waals surface area contributed by atoms with Crippen LogP contribution in [-0.2, 0) is 11.3 Å². The fourth-order valence-corrected chi connectivity index (χ4v) is 5.19. The van der Waals surface area contributed by atoms with Crippen molar-refractivity contribution in [2.45, 2.75) is 31.8 Å². The Labute approximate surface area is 179 Å². The summed E-state index contributed by atoms with van der Waals surface area (Å²) >= 11 is 0. The molecular formula is C23H33N5O2. The third-order valence-corrected chi connectivity index (χ3v) is 7.43. The number of anilines is 1. The first kappa shape index (κ1) is 19.8. The third kappa shape index (κ3) is 3.81. The second kappa shape index (κ2) is 8.19. The maximum Gasteiger partial charge on any atom is 0.254 e. The number of rotatable bonds is 4. The second-order valence-electron chi connectivity index (χ2n) is 9.27. The molecular weight excluding hydrogens is 378 g/mol. The van der Waals surface area contributed by atoms with Crippen molar-refractivity contribution in [1.82, 2.24) is 19.6 Å². The fourth-order valence-electron chi connectivity index (χ4n) is 5.19. The highest BCUT2D eigenvalue weighted by molar-refractivity contribution is 5.98. The van der Waals surface area contributed by atoms with Gasteiger partial charge in [0.05, 0.1) is 6.54 Å². The van der Waals surface area contributed by atoms with Crippen LogP contribution in [0, 0.1) is 0 Å². The molecule has 0 spiro atoms. The van der Waals surface area contributed by atoms with Gasteiger partial charge in [0, 0.05) is 83.2 Å². The van der Waals surface area contributed by atoms with Crippen LogP contribution in [0.15, 0.2) is 18.2 Å². The number of nitrogens with zero attached hydrogens (tertiary/aromatic N) is 5. The van der Waals surface area contributed by atoms with Gasteiger partial charge in [-0.05, 0) is 36.6 Å². The van der Waals surface area contributed by atoms with Crippen LogP contribution in [-0.4, -0.2) is 103 Å². The summed E-state index contributed by atoms with van der Waals surface area (Å²) in [5.74, 6) is 0.407. The van der Waals surface area contributed by atoms with Crippen molar-refractivity contribution in [3.05, 3.63) is 29.3 Å². The lowest BCUT2D eigenvalue weighted by Crippen LogP contribution is -2.56. The maximum absolute atomic E-state index is 12.8. The number of amides is 2. The minimum Gasteiger partial charge on any atom is -0.369 e. The molecule has 3 aliphatic heterocycles. The van der Waals surface area contributed by atoms with Gasteiger partial charge in [0.15, 0.2) is 0 Å². The quantitative estimate of drug-likeness (QED) is 0.743. The normalized spacial score (nSPS) is 23.6. The van der Waals surface area contributed by atoms with Crippen LogP contribution in [0.2, 0.25) is 0 Å². The first-order valence-corrected chi connectivity index (χ1v) is 11.5. The molecule has 30 heavy (non-hydrogen) atoms. The molecule has 1 aromatic rings. The van der Waals surface area contributed by atoms with Crippen molar-refractivity contribution in [3.63, 3.8) is 0 Å². The van der Waals surface area contributed by atoms with Crippen molar-refractivity contribution >= 4 is 17.5 Å². The third-order valence-electron chi connectivity index (χ3n) is 7.43. The number of hydrogen-bond acceptors (Lipinski definition) is 5. The Hall–Kier alpha value is -2.12. The molecule has 0 N–H and O–H groups in total. The van der Waals surface area contributed by atoms with Gasteiger partial charge in [-0.15, -0.1) is 0 Å². The summed E-state index contributed by atoms with van der Waals surface area (Å²) in [6.45, 7) is 8.75. The van der Waals surface area contributed by atoms with E-state index in [4.69, 9.17) is 0 Å². The zero-order valence-corrected chi connectivity index (χ0v) is 18.1. The van der Waals surface area contributed by atoms with Gasteiger partial charge in [-0.25, -0.2) is 0 Å². The van der Waals surface area contributed by atoms with E-state index in [1.807, 2.05) is 13.1 Å². The molecule has 4 aliphatic rings. The van der Waals surface area contributed by atoms with Gasteiger partial charge < -0.3 is 14.7 Å². The predicted octanol–water partition coefficient (Wildman–Crippen LogP) is 1.09. The Morgan fingerprint density at radius 1 is 1.00 bits per heavy atom. The molecule has 1 aliphatic carbocycles. The number of carbonyl (C=O) groups excluding carboxylic acids is 2. The Morgan fingerprint density at radius 2 is 1.73 bits per heavy atom. The van der Waals surface area contributed by atoms with E-state index < -0.39 is 0 Å². The van der Waals surface area contributed by atoms with Crippen LogP contribution in [0.5, 0.6) is 0 Å². The molecule has 5 rings (SSSR count). The highest BCUT2D eigenvalue weighted by atomic mass is 16.2. The summed E-state index contributed by atoms with van der Waals surface area (Å²) in [5, 5.41) is 0. The first-order chi connectivity index (χ1) is 14.6. The van der Waals surface area contributed by atoms with Gasteiger partial charge in [-0.1, -0.05) is 6.42 Å². The summed E-state index contributed by atoms with van der Waals surface area (Å²) in [6.07, 6.45) is 4.06. The largest absolute Gasteiger partial charge is 0.369 e. The topological polar surface area (TPSA) is 50.3 Å². The zero-order valence-electron chi connectivity index (χ0n) is 18.1. The number of piperazine rings is 2. The van der Waals surface area contributed by atoms with E-state index in [9.17, 15) is 9.59 Å². The molecule has 1 aromatic carbocycles. The Balaban J connectivity index is 1.09. The van der Waals surface area contributed by atoms with E-state index in [2.05, 4.69) is 31.7 Å². The molecule has 7 heteroatoms. The SMILES string of the molecule is CN1Cc2cc(N3CCN(CC(=O)N4CCN(C5CCC5)CC4)CC3)ccc2C1=O. The molecule has 0 aromatic heterocycles. The smallest absolute Gasteiger partial charge is 0.254 e. The molecule has 0 radical (unpaired) electrons. The Bertz CT molecular complexity index is 808. The van der Waals surface area contributed by atoms with E-state index in [1.165, 1.54) is 24.9 Å². The van der Waals surface area contributed by atoms with Crippen molar-refractivity contribution in [3.8, 4) is 0 Å². The highest BCUT2D eigenvalue weighted by Crippen LogP contribution is 2.27. The molecule has 2 amide bonds. The molecule has 162 valence electrons. The molecule has 3 fully saturated rings. The van der Waals surface area contributed by atoms with Crippen LogP contribution in [0.25, 0.3) is 0 Å². The van der Waals surface area contributed by atoms with E-state index >= 15 is 0 Å². The zero-order chi connectivity index (χ0) is 20.7. The summed E-state index contributed by atoms with van der Waals surface area (Å²) < 4.78 is 0. The fraction of sp³-hybridized carbons (Fsp3) is 0.652. The molecule has 0 bridgehead atoms. The number of fused-ring (bicyclic) bond motifs is 1. The van der Waals surface area contributed by atoms with Crippen LogP contribution in [0.3, 0.4) is 0 Å². The highest BCUT2D eigenvalue weighted by Gasteiger charge is 2.30. The van der Waals surface area contributed by atoms with Crippen molar-refractivity contribution < 1.29 is 9.59 Å². The Kier molecular flexibility index (Phi) is 5.41. The van der Waals surface area contributed by atoms with Crippen LogP contribution >= 0.6 is 0 Å². The standard InChI is InChI=1S/C23H33N5O2/c1-24-16-18-15-20(5-6-21(18)23(24)30)27-9-7-25(8-10-27)17-22(29)28-13-11-26(12-14-28)19-3-2-4-19/h5-6,15,19H,2-4,7-14,16-17H2,1H3. The van der Waals surface area contributed by atoms with Gasteiger partial charge >= 0.3 is 0 Å². The van der Waals surface area contributed by atoms with Crippen LogP contribution < -0.4 is 4.90 Å². The van der Waals surface area contributed by atoms with Gasteiger partial charge in [-0.3, -0.25) is 19.4 Å². The summed E-state index contributed by atoms with van der Waals surface area (Å²) in [4.78, 5) is 36.0. The van der Waals surface area contributed by atoms with Gasteiger partial charge in [0.25, 0.3) is 5.91 Å². The average Bonchev–Trinajstić information content (AvgIpc) is 3.01. The van der Waals surface area contributed by atoms with Gasteiger partial charge in [-0.2, -0.15) is 0 Å². The van der Waals surface area contributed by atoms with E-state index in [0.717, 1.165) is 69.5 Å². The molecule has 2 saturated heterocycles. The van der Waals surface area contributed by atoms with E-state index in [-0.39, 0.29) is 11.8 Å². The lowest BCUT2D eigenvalue weighted by atomic mass is 9.91. The molecule has 3 heterocycles. The lowest BCUT2D eigenvalue weighted by molar-refractivity contribution is -0.134. The first-order valence-electron chi connectivity index (χ1n) is 11.5. The predicted molar refractivity (Wildman–Crippen MR) is 117 cm³/mol. The average molecular weight is 412 g/mol. The summed E-state index contributed by atoms with van der Waals surface area (Å²) in [6, 6.07) is 6.99. The monoisotopic (exact) mass is 411 g/mol.